The highest BCUT2D eigenvalue weighted by Crippen LogP contribution is 2.32. The van der Waals surface area contributed by atoms with Crippen LogP contribution in [0.1, 0.15) is 43.6 Å². The summed E-state index contributed by atoms with van der Waals surface area (Å²) in [6.07, 6.45) is 6.99. The minimum atomic E-state index is -0.106. The summed E-state index contributed by atoms with van der Waals surface area (Å²) in [5.74, 6) is -0.106. The molecule has 2 heterocycles. The van der Waals surface area contributed by atoms with Crippen LogP contribution in [-0.2, 0) is 24.2 Å². The fourth-order valence-electron chi connectivity index (χ4n) is 4.01. The summed E-state index contributed by atoms with van der Waals surface area (Å²) in [5, 5.41) is 0.730. The topological polar surface area (TPSA) is 55.2 Å². The third kappa shape index (κ3) is 3.49. The minimum absolute atomic E-state index is 0.000267. The Balaban J connectivity index is 1.69. The Bertz CT molecular complexity index is 1050. The van der Waals surface area contributed by atoms with E-state index < -0.39 is 0 Å². The van der Waals surface area contributed by atoms with E-state index >= 15 is 0 Å². The van der Waals surface area contributed by atoms with Crippen molar-refractivity contribution in [2.45, 2.75) is 58.5 Å². The van der Waals surface area contributed by atoms with E-state index in [1.165, 1.54) is 34.2 Å². The van der Waals surface area contributed by atoms with Crippen LogP contribution in [0.2, 0.25) is 0 Å². The van der Waals surface area contributed by atoms with E-state index in [2.05, 4.69) is 4.98 Å². The predicted octanol–water partition coefficient (Wildman–Crippen LogP) is 4.17. The Morgan fingerprint density at radius 3 is 2.68 bits per heavy atom. The number of rotatable bonds is 4. The second kappa shape index (κ2) is 7.87. The Kier molecular flexibility index (Phi) is 5.31. The molecule has 1 amide bonds. The fourth-order valence-corrected chi connectivity index (χ4v) is 5.23. The number of thiophene rings is 1. The number of carbonyl (C=O) groups excluding carboxylic acids is 1. The first-order valence-electron chi connectivity index (χ1n) is 9.93. The maximum absolute atomic E-state index is 13.2. The lowest BCUT2D eigenvalue weighted by molar-refractivity contribution is -0.119. The lowest BCUT2D eigenvalue weighted by atomic mass is 10.1. The maximum Gasteiger partial charge on any atom is 0.262 e. The van der Waals surface area contributed by atoms with Gasteiger partial charge < -0.3 is 4.90 Å². The van der Waals surface area contributed by atoms with Crippen LogP contribution >= 0.6 is 11.3 Å². The zero-order valence-corrected chi connectivity index (χ0v) is 17.2. The number of hydrogen-bond donors (Lipinski definition) is 0. The van der Waals surface area contributed by atoms with E-state index in [4.69, 9.17) is 0 Å². The van der Waals surface area contributed by atoms with Crippen molar-refractivity contribution in [3.05, 3.63) is 57.5 Å². The van der Waals surface area contributed by atoms with Gasteiger partial charge in [0.1, 0.15) is 11.4 Å². The standard InChI is InChI=1S/C22H25N3O2S/c1-15(2)25(16-9-5-3-6-10-16)19(26)13-24-14-23-21-20(22(24)27)17-11-7-4-8-12-18(17)28-21/h3,5-6,9-10,14-15H,4,7-8,11-13H2,1-2H3. The largest absolute Gasteiger partial charge is 0.308 e. The molecule has 0 spiro atoms. The van der Waals surface area contributed by atoms with Gasteiger partial charge in [-0.2, -0.15) is 0 Å². The van der Waals surface area contributed by atoms with Gasteiger partial charge in [0.15, 0.2) is 0 Å². The predicted molar refractivity (Wildman–Crippen MR) is 114 cm³/mol. The Labute approximate surface area is 168 Å². The summed E-state index contributed by atoms with van der Waals surface area (Å²) in [5.41, 5.74) is 1.92. The van der Waals surface area contributed by atoms with Gasteiger partial charge in [-0.1, -0.05) is 24.6 Å². The van der Waals surface area contributed by atoms with Crippen molar-refractivity contribution in [3.63, 3.8) is 0 Å². The SMILES string of the molecule is CC(C)N(C(=O)Cn1cnc2sc3c(c2c1=O)CCCCC3)c1ccccc1. The molecule has 0 atom stereocenters. The monoisotopic (exact) mass is 395 g/mol. The van der Waals surface area contributed by atoms with Crippen molar-refractivity contribution in [2.24, 2.45) is 0 Å². The van der Waals surface area contributed by atoms with Gasteiger partial charge in [-0.15, -0.1) is 11.3 Å². The Hall–Kier alpha value is -2.47. The molecule has 2 aromatic heterocycles. The van der Waals surface area contributed by atoms with Crippen molar-refractivity contribution in [1.82, 2.24) is 9.55 Å². The molecule has 1 aromatic carbocycles. The maximum atomic E-state index is 13.2. The lowest BCUT2D eigenvalue weighted by Crippen LogP contribution is -2.41. The van der Waals surface area contributed by atoms with Crippen molar-refractivity contribution >= 4 is 33.1 Å². The molecular weight excluding hydrogens is 370 g/mol. The van der Waals surface area contributed by atoms with Gasteiger partial charge in [0.2, 0.25) is 5.91 Å². The number of anilines is 1. The van der Waals surface area contributed by atoms with E-state index in [0.717, 1.165) is 35.2 Å². The number of nitrogens with zero attached hydrogens (tertiary/aromatic N) is 3. The molecule has 5 nitrogen and oxygen atoms in total. The second-order valence-corrected chi connectivity index (χ2v) is 8.70. The van der Waals surface area contributed by atoms with Crippen LogP contribution in [0.4, 0.5) is 5.69 Å². The summed E-state index contributed by atoms with van der Waals surface area (Å²) in [7, 11) is 0. The van der Waals surface area contributed by atoms with Gasteiger partial charge in [-0.25, -0.2) is 4.98 Å². The van der Waals surface area contributed by atoms with E-state index in [1.807, 2.05) is 44.2 Å². The van der Waals surface area contributed by atoms with Crippen molar-refractivity contribution in [1.29, 1.82) is 0 Å². The molecule has 0 radical (unpaired) electrons. The molecule has 1 aliphatic carbocycles. The lowest BCUT2D eigenvalue weighted by Gasteiger charge is -2.27. The quantitative estimate of drug-likeness (QED) is 0.623. The summed E-state index contributed by atoms with van der Waals surface area (Å²) < 4.78 is 1.47. The number of carbonyl (C=O) groups is 1. The molecule has 146 valence electrons. The van der Waals surface area contributed by atoms with Gasteiger partial charge >= 0.3 is 0 Å². The third-order valence-corrected chi connectivity index (χ3v) is 6.52. The molecule has 0 aliphatic heterocycles. The molecule has 0 saturated carbocycles. The van der Waals surface area contributed by atoms with E-state index in [9.17, 15) is 9.59 Å². The average Bonchev–Trinajstić information content (AvgIpc) is 2.87. The third-order valence-electron chi connectivity index (χ3n) is 5.32. The molecule has 0 bridgehead atoms. The van der Waals surface area contributed by atoms with E-state index in [0.29, 0.717) is 0 Å². The zero-order chi connectivity index (χ0) is 19.7. The van der Waals surface area contributed by atoms with Crippen molar-refractivity contribution < 1.29 is 4.79 Å². The first kappa shape index (κ1) is 18.9. The molecule has 28 heavy (non-hydrogen) atoms. The van der Waals surface area contributed by atoms with Crippen LogP contribution in [0.15, 0.2) is 41.5 Å². The van der Waals surface area contributed by atoms with Crippen LogP contribution in [-0.4, -0.2) is 21.5 Å². The number of aromatic nitrogens is 2. The summed E-state index contributed by atoms with van der Waals surface area (Å²) in [4.78, 5) is 34.6. The van der Waals surface area contributed by atoms with Gasteiger partial charge in [0, 0.05) is 16.6 Å². The molecule has 1 aliphatic rings. The highest BCUT2D eigenvalue weighted by Gasteiger charge is 2.22. The molecule has 3 aromatic rings. The Morgan fingerprint density at radius 2 is 1.93 bits per heavy atom. The van der Waals surface area contributed by atoms with Gasteiger partial charge in [0.05, 0.1) is 11.7 Å². The molecule has 0 fully saturated rings. The highest BCUT2D eigenvalue weighted by molar-refractivity contribution is 7.18. The first-order valence-corrected chi connectivity index (χ1v) is 10.7. The van der Waals surface area contributed by atoms with E-state index in [1.54, 1.807) is 16.2 Å². The number of fused-ring (bicyclic) bond motifs is 3. The summed E-state index contributed by atoms with van der Waals surface area (Å²) in [6.45, 7) is 3.96. The van der Waals surface area contributed by atoms with Gasteiger partial charge in [-0.3, -0.25) is 14.2 Å². The number of para-hydroxylation sites is 1. The van der Waals surface area contributed by atoms with Crippen LogP contribution in [0.3, 0.4) is 0 Å². The molecule has 0 saturated heterocycles. The fraction of sp³-hybridized carbons (Fsp3) is 0.409. The average molecular weight is 396 g/mol. The minimum Gasteiger partial charge on any atom is -0.308 e. The number of benzene rings is 1. The summed E-state index contributed by atoms with van der Waals surface area (Å²) >= 11 is 1.64. The van der Waals surface area contributed by atoms with Crippen LogP contribution in [0, 0.1) is 0 Å². The number of amides is 1. The first-order chi connectivity index (χ1) is 13.6. The van der Waals surface area contributed by atoms with Gasteiger partial charge in [-0.05, 0) is 57.2 Å². The van der Waals surface area contributed by atoms with Crippen LogP contribution in [0.25, 0.3) is 10.2 Å². The van der Waals surface area contributed by atoms with Crippen molar-refractivity contribution in [2.75, 3.05) is 4.90 Å². The van der Waals surface area contributed by atoms with Gasteiger partial charge in [0.25, 0.3) is 5.56 Å². The smallest absolute Gasteiger partial charge is 0.262 e. The second-order valence-electron chi connectivity index (χ2n) is 7.62. The zero-order valence-electron chi connectivity index (χ0n) is 16.4. The molecule has 4 rings (SSSR count). The molecular formula is C22H25N3O2S. The molecule has 0 unspecified atom stereocenters. The van der Waals surface area contributed by atoms with Crippen LogP contribution in [0.5, 0.6) is 0 Å². The number of aryl methyl sites for hydroxylation is 2. The number of hydrogen-bond acceptors (Lipinski definition) is 4. The highest BCUT2D eigenvalue weighted by atomic mass is 32.1. The Morgan fingerprint density at radius 1 is 1.18 bits per heavy atom. The molecule has 0 N–H and O–H groups in total. The van der Waals surface area contributed by atoms with Crippen molar-refractivity contribution in [3.8, 4) is 0 Å². The molecule has 6 heteroatoms. The summed E-state index contributed by atoms with van der Waals surface area (Å²) in [6, 6.07) is 9.59. The normalized spacial score (nSPS) is 14.1. The van der Waals surface area contributed by atoms with Crippen LogP contribution < -0.4 is 10.5 Å². The van der Waals surface area contributed by atoms with E-state index in [-0.39, 0.29) is 24.1 Å².